The molecule has 2 aromatic heterocycles. The Morgan fingerprint density at radius 3 is 1.69 bits per heavy atom. The molecule has 0 bridgehead atoms. The lowest BCUT2D eigenvalue weighted by molar-refractivity contribution is -0.140. The first kappa shape index (κ1) is 54.2. The van der Waals surface area contributed by atoms with E-state index in [0.717, 1.165) is 23.5 Å². The van der Waals surface area contributed by atoms with Gasteiger partial charge in [-0.3, -0.25) is 43.2 Å². The molecule has 0 aliphatic heterocycles. The van der Waals surface area contributed by atoms with Crippen LogP contribution in [0.25, 0.3) is 0 Å². The molecule has 0 saturated heterocycles. The van der Waals surface area contributed by atoms with E-state index in [-0.39, 0.29) is 48.8 Å². The van der Waals surface area contributed by atoms with E-state index >= 15 is 4.79 Å². The zero-order valence-corrected chi connectivity index (χ0v) is 38.5. The highest BCUT2D eigenvalue weighted by atomic mass is 32.2. The third-order valence-corrected chi connectivity index (χ3v) is 13.9. The van der Waals surface area contributed by atoms with Crippen molar-refractivity contribution >= 4 is 100 Å². The molecule has 8 atom stereocenters. The molecular weight excluding hydrogens is 933 g/mol. The Labute approximate surface area is 389 Å². The van der Waals surface area contributed by atoms with E-state index in [0.29, 0.717) is 35.0 Å². The Kier molecular flexibility index (Phi) is 22.9. The van der Waals surface area contributed by atoms with Gasteiger partial charge in [0, 0.05) is 42.4 Å². The number of hydrogen-bond donors (Lipinski definition) is 10. The van der Waals surface area contributed by atoms with Gasteiger partial charge in [-0.25, -0.2) is 19.9 Å². The van der Waals surface area contributed by atoms with Crippen LogP contribution in [0, 0.1) is 11.8 Å². The molecule has 0 aromatic carbocycles. The number of amides is 4. The van der Waals surface area contributed by atoms with Gasteiger partial charge in [-0.05, 0) is 50.3 Å². The van der Waals surface area contributed by atoms with Crippen LogP contribution in [-0.4, -0.2) is 155 Å². The monoisotopic (exact) mass is 984 g/mol. The van der Waals surface area contributed by atoms with Gasteiger partial charge < -0.3 is 53.2 Å². The Hall–Kier alpha value is -5.09. The van der Waals surface area contributed by atoms with Crippen LogP contribution >= 0.6 is 47.0 Å². The summed E-state index contributed by atoms with van der Waals surface area (Å²) in [4.78, 5) is 131. The summed E-state index contributed by atoms with van der Waals surface area (Å²) >= 11 is 4.82. The van der Waals surface area contributed by atoms with Crippen molar-refractivity contribution in [1.82, 2.24) is 41.2 Å². The molecule has 356 valence electrons. The molecule has 12 N–H and O–H groups in total. The van der Waals surface area contributed by atoms with Gasteiger partial charge in [-0.1, -0.05) is 6.42 Å². The van der Waals surface area contributed by atoms with Gasteiger partial charge in [0.25, 0.3) is 0 Å². The Bertz CT molecular complexity index is 1900. The number of carbonyl (C=O) groups excluding carboxylic acids is 5. The second kappa shape index (κ2) is 27.4. The molecule has 1 aliphatic rings. The maximum absolute atomic E-state index is 15.1. The molecule has 8 unspecified atom stereocenters. The Morgan fingerprint density at radius 2 is 1.22 bits per heavy atom. The fourth-order valence-corrected chi connectivity index (χ4v) is 10.0. The van der Waals surface area contributed by atoms with Crippen molar-refractivity contribution in [2.75, 3.05) is 37.1 Å². The van der Waals surface area contributed by atoms with Crippen molar-refractivity contribution in [2.45, 2.75) is 89.7 Å². The molecule has 1 saturated carbocycles. The average molecular weight is 985 g/mol. The molecule has 65 heavy (non-hydrogen) atoms. The van der Waals surface area contributed by atoms with Crippen molar-refractivity contribution < 1.29 is 63.6 Å². The summed E-state index contributed by atoms with van der Waals surface area (Å²) < 4.78 is 0. The quantitative estimate of drug-likeness (QED) is 0.0386. The number of aliphatic carboxylic acids is 4. The summed E-state index contributed by atoms with van der Waals surface area (Å²) in [6.07, 6.45) is 6.36. The largest absolute Gasteiger partial charge is 0.480 e. The zero-order valence-electron chi connectivity index (χ0n) is 35.2. The van der Waals surface area contributed by atoms with Crippen molar-refractivity contribution in [2.24, 2.45) is 23.3 Å². The van der Waals surface area contributed by atoms with Crippen molar-refractivity contribution in [3.05, 3.63) is 36.2 Å². The SMILES string of the molecule is CSc1cc(C(SCC(NC(=O)CCC(N)C(=O)O)C(=O)NCC(=O)O)C2CCCC(C(SCC(NC(=O)CCC(N)C(=O)O)C(=O)NCC(=O)O)c3nccc(SC)n3)C2=O)ncn1. The number of aromatic nitrogens is 4. The number of thioether (sulfide) groups is 4. The van der Waals surface area contributed by atoms with Gasteiger partial charge in [0.15, 0.2) is 0 Å². The number of hydrogen-bond acceptors (Lipinski definition) is 19. The van der Waals surface area contributed by atoms with Gasteiger partial charge in [-0.15, -0.1) is 47.0 Å². The van der Waals surface area contributed by atoms with Crippen LogP contribution in [0.1, 0.15) is 67.0 Å². The number of nitrogens with two attached hydrogens (primary N) is 2. The summed E-state index contributed by atoms with van der Waals surface area (Å²) in [5.41, 5.74) is 11.5. The molecule has 23 nitrogen and oxygen atoms in total. The minimum Gasteiger partial charge on any atom is -0.480 e. The Morgan fingerprint density at radius 1 is 0.723 bits per heavy atom. The molecule has 0 spiro atoms. The summed E-state index contributed by atoms with van der Waals surface area (Å²) in [6, 6.07) is -2.06. The number of rotatable bonds is 28. The summed E-state index contributed by atoms with van der Waals surface area (Å²) in [6.45, 7) is -1.53. The van der Waals surface area contributed by atoms with Crippen LogP contribution in [-0.2, 0) is 43.2 Å². The standard InChI is InChI=1S/C38H52N10O13S4/c1-62-27-10-11-41-34(48-27)33(65-16-24(36(57)43-14-30(53)54)47-26(50)9-7-21(40)38(60)61)19-5-3-4-18(31(19)55)32(22-12-28(63-2)45-17-44-22)64-15-23(35(56)42-13-29(51)52)46-25(49)8-6-20(39)37(58)59/h10-12,17-21,23-24,32-33H,3-9,13-16,39-40H2,1-2H3,(H,42,56)(H,43,57)(H,46,49)(H,47,50)(H,51,52)(H,53,54)(H,58,59)(H,60,61). The molecule has 3 rings (SSSR count). The van der Waals surface area contributed by atoms with Crippen LogP contribution in [0.15, 0.2) is 34.7 Å². The van der Waals surface area contributed by atoms with E-state index in [1.165, 1.54) is 36.0 Å². The molecule has 4 amide bonds. The molecule has 27 heteroatoms. The predicted molar refractivity (Wildman–Crippen MR) is 239 cm³/mol. The molecule has 2 heterocycles. The van der Waals surface area contributed by atoms with Gasteiger partial charge in [0.05, 0.1) is 26.2 Å². The first-order valence-corrected chi connectivity index (χ1v) is 24.4. The van der Waals surface area contributed by atoms with E-state index in [1.54, 1.807) is 24.6 Å². The first-order chi connectivity index (χ1) is 30.8. The fraction of sp³-hybridized carbons (Fsp3) is 0.553. The highest BCUT2D eigenvalue weighted by Crippen LogP contribution is 2.48. The maximum Gasteiger partial charge on any atom is 0.322 e. The van der Waals surface area contributed by atoms with E-state index in [2.05, 4.69) is 41.2 Å². The number of Topliss-reactive ketones (excluding diaryl/α,β-unsaturated/α-hetero) is 1. The molecule has 1 aliphatic carbocycles. The number of carbonyl (C=O) groups is 9. The minimum absolute atomic E-state index is 0.193. The highest BCUT2D eigenvalue weighted by molar-refractivity contribution is 8.00. The second-order valence-electron chi connectivity index (χ2n) is 14.4. The molecule has 1 fully saturated rings. The van der Waals surface area contributed by atoms with Crippen molar-refractivity contribution in [3.8, 4) is 0 Å². The smallest absolute Gasteiger partial charge is 0.322 e. The van der Waals surface area contributed by atoms with E-state index in [4.69, 9.17) is 21.7 Å². The number of ketones is 1. The summed E-state index contributed by atoms with van der Waals surface area (Å²) in [7, 11) is 0. The third-order valence-electron chi connectivity index (χ3n) is 9.78. The lowest BCUT2D eigenvalue weighted by atomic mass is 9.76. The highest BCUT2D eigenvalue weighted by Gasteiger charge is 2.44. The lowest BCUT2D eigenvalue weighted by Gasteiger charge is -2.36. The zero-order chi connectivity index (χ0) is 48.2. The van der Waals surface area contributed by atoms with E-state index in [9.17, 15) is 48.6 Å². The minimum atomic E-state index is -1.36. The number of nitrogens with one attached hydrogen (secondary N) is 4. The first-order valence-electron chi connectivity index (χ1n) is 19.9. The lowest BCUT2D eigenvalue weighted by Crippen LogP contribution is -2.50. The van der Waals surface area contributed by atoms with Crippen LogP contribution in [0.4, 0.5) is 0 Å². The van der Waals surface area contributed by atoms with E-state index in [1.807, 2.05) is 0 Å². The van der Waals surface area contributed by atoms with Gasteiger partial charge >= 0.3 is 23.9 Å². The number of carboxylic acids is 4. The van der Waals surface area contributed by atoms with Crippen LogP contribution < -0.4 is 32.7 Å². The third kappa shape index (κ3) is 18.0. The summed E-state index contributed by atoms with van der Waals surface area (Å²) in [5.74, 6) is -10.6. The molecule has 0 radical (unpaired) electrons. The van der Waals surface area contributed by atoms with E-state index < -0.39 is 107 Å². The maximum atomic E-state index is 15.1. The second-order valence-corrected chi connectivity index (χ2v) is 18.4. The van der Waals surface area contributed by atoms with Gasteiger partial charge in [0.1, 0.15) is 55.2 Å². The molecular formula is C38H52N10O13S4. The number of nitrogens with zero attached hydrogens (tertiary/aromatic N) is 4. The van der Waals surface area contributed by atoms with Crippen LogP contribution in [0.5, 0.6) is 0 Å². The number of carboxylic acid groups (broad SMARTS) is 4. The van der Waals surface area contributed by atoms with Crippen molar-refractivity contribution in [1.29, 1.82) is 0 Å². The topological polar surface area (TPSA) is 386 Å². The molecule has 2 aromatic rings. The van der Waals surface area contributed by atoms with Crippen LogP contribution in [0.2, 0.25) is 0 Å². The van der Waals surface area contributed by atoms with Gasteiger partial charge in [-0.2, -0.15) is 0 Å². The predicted octanol–water partition coefficient (Wildman–Crippen LogP) is -0.300. The summed E-state index contributed by atoms with van der Waals surface area (Å²) in [5, 5.41) is 45.9. The average Bonchev–Trinajstić information content (AvgIpc) is 3.28. The van der Waals surface area contributed by atoms with Crippen LogP contribution in [0.3, 0.4) is 0 Å². The normalized spacial score (nSPS) is 17.6. The van der Waals surface area contributed by atoms with Crippen molar-refractivity contribution in [3.63, 3.8) is 0 Å². The Balaban J connectivity index is 2.02. The fourth-order valence-electron chi connectivity index (χ4n) is 6.42. The van der Waals surface area contributed by atoms with Gasteiger partial charge in [0.2, 0.25) is 23.6 Å².